The van der Waals surface area contributed by atoms with Crippen molar-refractivity contribution in [2.45, 2.75) is 39.4 Å². The zero-order valence-electron chi connectivity index (χ0n) is 10.6. The van der Waals surface area contributed by atoms with Crippen molar-refractivity contribution in [2.75, 3.05) is 6.54 Å². The van der Waals surface area contributed by atoms with Gasteiger partial charge in [-0.3, -0.25) is 0 Å². The topological polar surface area (TPSA) is 24.1 Å². The average molecular weight is 303 g/mol. The second-order valence-electron chi connectivity index (χ2n) is 4.58. The van der Waals surface area contributed by atoms with Gasteiger partial charge in [0.05, 0.1) is 0 Å². The Labute approximate surface area is 111 Å². The third kappa shape index (κ3) is 5.61. The van der Waals surface area contributed by atoms with E-state index in [1.807, 2.05) is 0 Å². The van der Waals surface area contributed by atoms with E-state index in [4.69, 9.17) is 0 Å². The van der Waals surface area contributed by atoms with Crippen LogP contribution >= 0.6 is 15.9 Å². The molecule has 2 nitrogen and oxygen atoms in total. The summed E-state index contributed by atoms with van der Waals surface area (Å²) in [6, 6.07) is 5.59. The second-order valence-corrected chi connectivity index (χ2v) is 5.43. The van der Waals surface area contributed by atoms with Gasteiger partial charge in [0.2, 0.25) is 0 Å². The van der Waals surface area contributed by atoms with E-state index in [-0.39, 0.29) is 5.82 Å². The smallest absolute Gasteiger partial charge is 0.123 e. The summed E-state index contributed by atoms with van der Waals surface area (Å²) in [7, 11) is 0. The zero-order valence-corrected chi connectivity index (χ0v) is 12.1. The van der Waals surface area contributed by atoms with Crippen LogP contribution in [0, 0.1) is 5.82 Å². The van der Waals surface area contributed by atoms with Crippen LogP contribution in [0.2, 0.25) is 0 Å². The molecule has 4 heteroatoms. The summed E-state index contributed by atoms with van der Waals surface area (Å²) in [6.45, 7) is 7.93. The number of benzene rings is 1. The summed E-state index contributed by atoms with van der Waals surface area (Å²) in [6.07, 6.45) is 0. The predicted molar refractivity (Wildman–Crippen MR) is 73.5 cm³/mol. The van der Waals surface area contributed by atoms with Crippen molar-refractivity contribution in [1.29, 1.82) is 0 Å². The van der Waals surface area contributed by atoms with E-state index in [0.717, 1.165) is 16.6 Å². The van der Waals surface area contributed by atoms with Crippen LogP contribution in [0.1, 0.15) is 26.3 Å². The molecule has 0 aliphatic heterocycles. The molecule has 0 saturated heterocycles. The summed E-state index contributed by atoms with van der Waals surface area (Å²) in [5.41, 5.74) is 0.946. The summed E-state index contributed by atoms with van der Waals surface area (Å²) < 4.78 is 14.0. The van der Waals surface area contributed by atoms with Gasteiger partial charge in [-0.05, 0) is 30.7 Å². The minimum absolute atomic E-state index is 0.196. The quantitative estimate of drug-likeness (QED) is 0.844. The highest BCUT2D eigenvalue weighted by atomic mass is 79.9. The van der Waals surface area contributed by atoms with Gasteiger partial charge in [0.25, 0.3) is 0 Å². The Bertz CT molecular complexity index is 355. The first-order chi connectivity index (χ1) is 7.99. The molecule has 1 aromatic rings. The first-order valence-electron chi connectivity index (χ1n) is 5.89. The van der Waals surface area contributed by atoms with Gasteiger partial charge in [-0.2, -0.15) is 0 Å². The molecule has 0 amide bonds. The first-order valence-corrected chi connectivity index (χ1v) is 6.69. The predicted octanol–water partition coefficient (Wildman–Crippen LogP) is 3.06. The van der Waals surface area contributed by atoms with E-state index in [1.165, 1.54) is 6.07 Å². The Morgan fingerprint density at radius 2 is 1.94 bits per heavy atom. The molecule has 2 N–H and O–H groups in total. The van der Waals surface area contributed by atoms with Gasteiger partial charge in [0.15, 0.2) is 0 Å². The van der Waals surface area contributed by atoms with E-state index in [9.17, 15) is 4.39 Å². The second kappa shape index (κ2) is 7.09. The van der Waals surface area contributed by atoms with Crippen molar-refractivity contribution < 1.29 is 4.39 Å². The third-order valence-electron chi connectivity index (χ3n) is 2.48. The van der Waals surface area contributed by atoms with Crippen molar-refractivity contribution >= 4 is 15.9 Å². The van der Waals surface area contributed by atoms with Crippen LogP contribution in [0.4, 0.5) is 4.39 Å². The highest BCUT2D eigenvalue weighted by Crippen LogP contribution is 2.17. The Balaban J connectivity index is 2.41. The molecule has 1 unspecified atom stereocenters. The van der Waals surface area contributed by atoms with Gasteiger partial charge in [-0.15, -0.1) is 0 Å². The SMILES string of the molecule is CC(C)NCC(C)NCc1cc(F)ccc1Br. The number of rotatable bonds is 6. The number of halogens is 2. The van der Waals surface area contributed by atoms with Gasteiger partial charge in [0.1, 0.15) is 5.82 Å². The van der Waals surface area contributed by atoms with Crippen molar-refractivity contribution in [3.8, 4) is 0 Å². The maximum atomic E-state index is 13.1. The average Bonchev–Trinajstić information content (AvgIpc) is 2.27. The lowest BCUT2D eigenvalue weighted by Gasteiger charge is -2.17. The fraction of sp³-hybridized carbons (Fsp3) is 0.538. The molecule has 0 spiro atoms. The summed E-state index contributed by atoms with van der Waals surface area (Å²) in [4.78, 5) is 0. The minimum atomic E-state index is -0.196. The lowest BCUT2D eigenvalue weighted by atomic mass is 10.2. The summed E-state index contributed by atoms with van der Waals surface area (Å²) >= 11 is 3.42. The van der Waals surface area contributed by atoms with Crippen LogP contribution < -0.4 is 10.6 Å². The van der Waals surface area contributed by atoms with Crippen molar-refractivity contribution in [1.82, 2.24) is 10.6 Å². The molecule has 1 aromatic carbocycles. The highest BCUT2D eigenvalue weighted by Gasteiger charge is 2.05. The van der Waals surface area contributed by atoms with E-state index in [1.54, 1.807) is 12.1 Å². The highest BCUT2D eigenvalue weighted by molar-refractivity contribution is 9.10. The monoisotopic (exact) mass is 302 g/mol. The van der Waals surface area contributed by atoms with Crippen LogP contribution in [0.25, 0.3) is 0 Å². The molecule has 0 saturated carbocycles. The van der Waals surface area contributed by atoms with Crippen LogP contribution in [-0.4, -0.2) is 18.6 Å². The molecule has 17 heavy (non-hydrogen) atoms. The van der Waals surface area contributed by atoms with E-state index >= 15 is 0 Å². The van der Waals surface area contributed by atoms with Crippen LogP contribution in [0.3, 0.4) is 0 Å². The molecule has 96 valence electrons. The van der Waals surface area contributed by atoms with E-state index in [2.05, 4.69) is 47.3 Å². The molecule has 0 heterocycles. The van der Waals surface area contributed by atoms with Gasteiger partial charge >= 0.3 is 0 Å². The Morgan fingerprint density at radius 1 is 1.24 bits per heavy atom. The Kier molecular flexibility index (Phi) is 6.09. The molecular formula is C13H20BrFN2. The van der Waals surface area contributed by atoms with Crippen molar-refractivity contribution in [3.63, 3.8) is 0 Å². The van der Waals surface area contributed by atoms with Gasteiger partial charge in [-0.1, -0.05) is 29.8 Å². The molecule has 0 bridgehead atoms. The standard InChI is InChI=1S/C13H20BrFN2/c1-9(2)16-7-10(3)17-8-11-6-12(15)4-5-13(11)14/h4-6,9-10,16-17H,7-8H2,1-3H3. The number of hydrogen-bond acceptors (Lipinski definition) is 2. The molecule has 0 aromatic heterocycles. The molecular weight excluding hydrogens is 283 g/mol. The fourth-order valence-electron chi connectivity index (χ4n) is 1.45. The largest absolute Gasteiger partial charge is 0.313 e. The normalized spacial score (nSPS) is 13.1. The van der Waals surface area contributed by atoms with Crippen molar-refractivity contribution in [3.05, 3.63) is 34.1 Å². The summed E-state index contributed by atoms with van der Waals surface area (Å²) in [5.74, 6) is -0.196. The lowest BCUT2D eigenvalue weighted by molar-refractivity contribution is 0.473. The third-order valence-corrected chi connectivity index (χ3v) is 3.25. The molecule has 0 radical (unpaired) electrons. The maximum Gasteiger partial charge on any atom is 0.123 e. The zero-order chi connectivity index (χ0) is 12.8. The van der Waals surface area contributed by atoms with E-state index in [0.29, 0.717) is 18.6 Å². The van der Waals surface area contributed by atoms with Gasteiger partial charge in [-0.25, -0.2) is 4.39 Å². The Hall–Kier alpha value is -0.450. The number of hydrogen-bond donors (Lipinski definition) is 2. The Morgan fingerprint density at radius 3 is 2.59 bits per heavy atom. The van der Waals surface area contributed by atoms with Gasteiger partial charge < -0.3 is 10.6 Å². The van der Waals surface area contributed by atoms with Crippen molar-refractivity contribution in [2.24, 2.45) is 0 Å². The maximum absolute atomic E-state index is 13.1. The number of nitrogens with one attached hydrogen (secondary N) is 2. The molecule has 0 aliphatic rings. The molecule has 0 fully saturated rings. The first kappa shape index (κ1) is 14.6. The van der Waals surface area contributed by atoms with Crippen LogP contribution in [-0.2, 0) is 6.54 Å². The summed E-state index contributed by atoms with van der Waals surface area (Å²) in [5, 5.41) is 6.72. The molecule has 1 rings (SSSR count). The van der Waals surface area contributed by atoms with Gasteiger partial charge in [0, 0.05) is 29.6 Å². The van der Waals surface area contributed by atoms with Crippen LogP contribution in [0.5, 0.6) is 0 Å². The minimum Gasteiger partial charge on any atom is -0.313 e. The molecule has 1 atom stereocenters. The molecule has 0 aliphatic carbocycles. The van der Waals surface area contributed by atoms with E-state index < -0.39 is 0 Å². The fourth-order valence-corrected chi connectivity index (χ4v) is 1.83. The van der Waals surface area contributed by atoms with Crippen LogP contribution in [0.15, 0.2) is 22.7 Å². The lowest BCUT2D eigenvalue weighted by Crippen LogP contribution is -2.38.